The summed E-state index contributed by atoms with van der Waals surface area (Å²) >= 11 is 0. The van der Waals surface area contributed by atoms with Crippen LogP contribution >= 0.6 is 0 Å². The zero-order chi connectivity index (χ0) is 19.6. The van der Waals surface area contributed by atoms with Gasteiger partial charge in [-0.15, -0.1) is 4.91 Å². The minimum Gasteiger partial charge on any atom is -0.501 e. The van der Waals surface area contributed by atoms with Gasteiger partial charge in [0.05, 0.1) is 6.04 Å². The van der Waals surface area contributed by atoms with Gasteiger partial charge in [0.2, 0.25) is 5.75 Å². The molecule has 0 aromatic carbocycles. The molecule has 1 aromatic heterocycles. The Labute approximate surface area is 149 Å². The van der Waals surface area contributed by atoms with Gasteiger partial charge in [-0.05, 0) is 40.0 Å². The molecule has 10 heteroatoms. The van der Waals surface area contributed by atoms with Crippen molar-refractivity contribution >= 4 is 12.0 Å². The lowest BCUT2D eigenvalue weighted by molar-refractivity contribution is 0.0202. The molecule has 2 amide bonds. The lowest BCUT2D eigenvalue weighted by Gasteiger charge is -2.30. The summed E-state index contributed by atoms with van der Waals surface area (Å²) in [6.07, 6.45) is 1.19. The number of ether oxygens (including phenoxy) is 1. The van der Waals surface area contributed by atoms with Gasteiger partial charge in [0, 0.05) is 18.8 Å². The normalized spacial score (nSPS) is 17.0. The molecule has 1 N–H and O–H groups in total. The van der Waals surface area contributed by atoms with E-state index in [1.807, 2.05) is 0 Å². The van der Waals surface area contributed by atoms with Crippen LogP contribution in [0.1, 0.15) is 62.4 Å². The van der Waals surface area contributed by atoms with Crippen LogP contribution in [0.5, 0.6) is 5.75 Å². The van der Waals surface area contributed by atoms with E-state index in [0.717, 1.165) is 0 Å². The molecule has 1 aliphatic rings. The second kappa shape index (κ2) is 7.22. The van der Waals surface area contributed by atoms with Crippen LogP contribution in [-0.2, 0) is 11.3 Å². The van der Waals surface area contributed by atoms with Gasteiger partial charge < -0.3 is 14.7 Å². The molecule has 0 saturated carbocycles. The first-order valence-corrected chi connectivity index (χ1v) is 8.24. The van der Waals surface area contributed by atoms with E-state index in [0.29, 0.717) is 19.3 Å². The first-order valence-electron chi connectivity index (χ1n) is 8.24. The maximum atomic E-state index is 12.4. The second-order valence-corrected chi connectivity index (χ2v) is 7.12. The summed E-state index contributed by atoms with van der Waals surface area (Å²) in [5.41, 5.74) is -2.26. The van der Waals surface area contributed by atoms with Gasteiger partial charge in [-0.25, -0.2) is 9.78 Å². The molecule has 0 aliphatic carbocycles. The van der Waals surface area contributed by atoms with E-state index in [1.165, 1.54) is 16.5 Å². The minimum atomic E-state index is -1.34. The Morgan fingerprint density at radius 3 is 2.58 bits per heavy atom. The molecule has 2 rings (SSSR count). The highest BCUT2D eigenvalue weighted by atomic mass is 16.6. The van der Waals surface area contributed by atoms with E-state index in [9.17, 15) is 24.4 Å². The molecule has 142 valence electrons. The van der Waals surface area contributed by atoms with Crippen molar-refractivity contribution in [1.82, 2.24) is 14.5 Å². The Balaban J connectivity index is 2.54. The van der Waals surface area contributed by atoms with Crippen LogP contribution in [-0.4, -0.2) is 44.2 Å². The topological polar surface area (TPSA) is 131 Å². The molecule has 0 saturated heterocycles. The molecule has 26 heavy (non-hydrogen) atoms. The van der Waals surface area contributed by atoms with E-state index in [-0.39, 0.29) is 12.4 Å². The largest absolute Gasteiger partial charge is 0.501 e. The van der Waals surface area contributed by atoms with Gasteiger partial charge in [-0.2, -0.15) is 0 Å². The quantitative estimate of drug-likeness (QED) is 0.791. The van der Waals surface area contributed by atoms with Crippen LogP contribution in [0.25, 0.3) is 0 Å². The fourth-order valence-corrected chi connectivity index (χ4v) is 2.79. The zero-order valence-electron chi connectivity index (χ0n) is 15.2. The highest BCUT2D eigenvalue weighted by molar-refractivity contribution is 5.95. The zero-order valence-corrected chi connectivity index (χ0v) is 15.2. The molecule has 0 bridgehead atoms. The fourth-order valence-electron chi connectivity index (χ4n) is 2.79. The molecular formula is C16H22N4O6. The summed E-state index contributed by atoms with van der Waals surface area (Å²) in [6, 6.07) is -0.654. The fraction of sp³-hybridized carbons (Fsp3) is 0.625. The van der Waals surface area contributed by atoms with Gasteiger partial charge >= 0.3 is 12.0 Å². The van der Waals surface area contributed by atoms with Crippen molar-refractivity contribution < 1.29 is 19.4 Å². The van der Waals surface area contributed by atoms with Gasteiger partial charge in [0.15, 0.2) is 5.69 Å². The molecule has 1 unspecified atom stereocenters. The van der Waals surface area contributed by atoms with E-state index < -0.39 is 40.6 Å². The third-order valence-corrected chi connectivity index (χ3v) is 4.02. The number of hydrogen-bond acceptors (Lipinski definition) is 7. The van der Waals surface area contributed by atoms with E-state index in [1.54, 1.807) is 20.8 Å². The van der Waals surface area contributed by atoms with Crippen LogP contribution < -0.4 is 5.56 Å². The first-order chi connectivity index (χ1) is 12.1. The molecule has 2 heterocycles. The van der Waals surface area contributed by atoms with E-state index in [4.69, 9.17) is 4.74 Å². The minimum absolute atomic E-state index is 0.116. The molecular weight excluding hydrogens is 344 g/mol. The Morgan fingerprint density at radius 1 is 1.35 bits per heavy atom. The summed E-state index contributed by atoms with van der Waals surface area (Å²) in [5, 5.41) is 12.1. The van der Waals surface area contributed by atoms with Crippen molar-refractivity contribution in [3.8, 4) is 5.75 Å². The molecule has 10 nitrogen and oxygen atoms in total. The van der Waals surface area contributed by atoms with Gasteiger partial charge in [-0.1, -0.05) is 0 Å². The van der Waals surface area contributed by atoms with Crippen molar-refractivity contribution in [2.24, 2.45) is 5.18 Å². The highest BCUT2D eigenvalue weighted by Gasteiger charge is 2.33. The lowest BCUT2D eigenvalue weighted by Crippen LogP contribution is -2.39. The maximum absolute atomic E-state index is 12.4. The number of carbonyl (C=O) groups is 2. The SMILES string of the molecule is CN(C(=O)OC(C)(C)C)C1CCCCn2c1nc(C(=O)N=O)c(O)c2=O. The summed E-state index contributed by atoms with van der Waals surface area (Å²) < 4.78 is 6.57. The number of amides is 2. The van der Waals surface area contributed by atoms with Gasteiger partial charge in [0.25, 0.3) is 5.56 Å². The Bertz CT molecular complexity index is 795. The number of aromatic nitrogens is 2. The molecule has 1 aliphatic heterocycles. The summed E-state index contributed by atoms with van der Waals surface area (Å²) in [5.74, 6) is -2.14. The van der Waals surface area contributed by atoms with Crippen molar-refractivity contribution in [3.63, 3.8) is 0 Å². The van der Waals surface area contributed by atoms with Crippen LogP contribution in [0.2, 0.25) is 0 Å². The molecule has 1 atom stereocenters. The number of carbonyl (C=O) groups excluding carboxylic acids is 2. The molecule has 0 radical (unpaired) electrons. The predicted molar refractivity (Wildman–Crippen MR) is 90.9 cm³/mol. The number of aromatic hydroxyl groups is 1. The van der Waals surface area contributed by atoms with Crippen molar-refractivity contribution in [3.05, 3.63) is 26.8 Å². The summed E-state index contributed by atoms with van der Waals surface area (Å²) in [6.45, 7) is 5.46. The van der Waals surface area contributed by atoms with Crippen molar-refractivity contribution in [2.45, 2.75) is 58.2 Å². The highest BCUT2D eigenvalue weighted by Crippen LogP contribution is 2.29. The third kappa shape index (κ3) is 3.89. The monoisotopic (exact) mass is 366 g/mol. The third-order valence-electron chi connectivity index (χ3n) is 4.02. The van der Waals surface area contributed by atoms with Crippen molar-refractivity contribution in [2.75, 3.05) is 7.05 Å². The van der Waals surface area contributed by atoms with E-state index in [2.05, 4.69) is 10.2 Å². The second-order valence-electron chi connectivity index (χ2n) is 7.12. The first kappa shape index (κ1) is 19.5. The summed E-state index contributed by atoms with van der Waals surface area (Å²) in [7, 11) is 1.51. The number of nitrogens with zero attached hydrogens (tertiary/aromatic N) is 4. The molecule has 0 spiro atoms. The summed E-state index contributed by atoms with van der Waals surface area (Å²) in [4.78, 5) is 52.3. The average molecular weight is 366 g/mol. The van der Waals surface area contributed by atoms with Crippen LogP contribution in [0, 0.1) is 4.91 Å². The maximum Gasteiger partial charge on any atom is 0.410 e. The number of nitroso groups, excluding NO2 is 1. The standard InChI is InChI=1S/C16H22N4O6/c1-16(2,3)26-15(24)19(4)9-7-5-6-8-20-12(9)17-10(13(22)18-25)11(21)14(20)23/h9,21H,5-8H2,1-4H3. The van der Waals surface area contributed by atoms with Crippen molar-refractivity contribution in [1.29, 1.82) is 0 Å². The average Bonchev–Trinajstić information content (AvgIpc) is 2.77. The molecule has 1 aromatic rings. The Kier molecular flexibility index (Phi) is 5.43. The Hall–Kier alpha value is -2.78. The predicted octanol–water partition coefficient (Wildman–Crippen LogP) is 1.95. The number of hydrogen-bond donors (Lipinski definition) is 1. The van der Waals surface area contributed by atoms with Gasteiger partial charge in [-0.3, -0.25) is 14.2 Å². The Morgan fingerprint density at radius 2 is 2.00 bits per heavy atom. The van der Waals surface area contributed by atoms with Crippen LogP contribution in [0.3, 0.4) is 0 Å². The number of fused-ring (bicyclic) bond motifs is 1. The molecule has 0 fully saturated rings. The smallest absolute Gasteiger partial charge is 0.410 e. The van der Waals surface area contributed by atoms with Crippen LogP contribution in [0.4, 0.5) is 4.79 Å². The lowest BCUT2D eigenvalue weighted by atomic mass is 10.1. The van der Waals surface area contributed by atoms with E-state index >= 15 is 0 Å². The van der Waals surface area contributed by atoms with Crippen LogP contribution in [0.15, 0.2) is 9.97 Å². The van der Waals surface area contributed by atoms with Gasteiger partial charge in [0.1, 0.15) is 11.4 Å². The number of rotatable bonds is 2.